The second kappa shape index (κ2) is 6.38. The molecule has 1 aromatic carbocycles. The largest absolute Gasteiger partial charge is 0.465 e. The van der Waals surface area contributed by atoms with E-state index in [1.54, 1.807) is 19.1 Å². The second-order valence-corrected chi connectivity index (χ2v) is 5.13. The quantitative estimate of drug-likeness (QED) is 0.531. The maximum Gasteiger partial charge on any atom is 0.337 e. The molecule has 0 aliphatic carbocycles. The number of nitrogens with zero attached hydrogens (tertiary/aromatic N) is 1. The van der Waals surface area contributed by atoms with Crippen molar-refractivity contribution in [2.24, 2.45) is 0 Å². The van der Waals surface area contributed by atoms with E-state index < -0.39 is 0 Å². The molecule has 0 fully saturated rings. The fraction of sp³-hybridized carbons (Fsp3) is 0.214. The van der Waals surface area contributed by atoms with Gasteiger partial charge in [-0.05, 0) is 24.6 Å². The van der Waals surface area contributed by atoms with Gasteiger partial charge in [-0.3, -0.25) is 4.79 Å². The van der Waals surface area contributed by atoms with Crippen molar-refractivity contribution in [2.45, 2.75) is 17.8 Å². The Bertz CT molecular complexity index is 665. The van der Waals surface area contributed by atoms with Crippen molar-refractivity contribution >= 4 is 17.7 Å². The molecule has 0 radical (unpaired) electrons. The van der Waals surface area contributed by atoms with E-state index >= 15 is 0 Å². The number of hydrogen-bond donors (Lipinski definition) is 1. The van der Waals surface area contributed by atoms with Gasteiger partial charge < -0.3 is 9.72 Å². The Morgan fingerprint density at radius 3 is 2.65 bits per heavy atom. The number of thioether (sulfide) groups is 1. The lowest BCUT2D eigenvalue weighted by atomic mass is 10.1. The molecule has 1 N–H and O–H groups in total. The van der Waals surface area contributed by atoms with E-state index in [0.717, 1.165) is 5.56 Å². The molecule has 0 amide bonds. The first-order valence-electron chi connectivity index (χ1n) is 5.96. The van der Waals surface area contributed by atoms with E-state index in [9.17, 15) is 9.59 Å². The summed E-state index contributed by atoms with van der Waals surface area (Å²) in [6.45, 7) is 1.78. The molecular formula is C14H14N2O3S. The van der Waals surface area contributed by atoms with Gasteiger partial charge in [0.05, 0.1) is 12.7 Å². The number of ether oxygens (including phenoxy) is 1. The van der Waals surface area contributed by atoms with E-state index in [0.29, 0.717) is 22.2 Å². The number of nitrogens with one attached hydrogen (secondary N) is 1. The first kappa shape index (κ1) is 14.3. The number of esters is 1. The number of carbonyl (C=O) groups is 1. The monoisotopic (exact) mass is 290 g/mol. The summed E-state index contributed by atoms with van der Waals surface area (Å²) in [6.07, 6.45) is 0. The van der Waals surface area contributed by atoms with E-state index in [1.165, 1.54) is 24.9 Å². The van der Waals surface area contributed by atoms with Crippen molar-refractivity contribution in [2.75, 3.05) is 7.11 Å². The number of methoxy groups -OCH3 is 1. The lowest BCUT2D eigenvalue weighted by Crippen LogP contribution is -2.08. The molecule has 0 unspecified atom stereocenters. The molecule has 104 valence electrons. The third kappa shape index (κ3) is 3.71. The van der Waals surface area contributed by atoms with Crippen LogP contribution in [0.2, 0.25) is 0 Å². The average Bonchev–Trinajstić information content (AvgIpc) is 2.44. The van der Waals surface area contributed by atoms with Crippen LogP contribution in [0.1, 0.15) is 21.6 Å². The van der Waals surface area contributed by atoms with Gasteiger partial charge in [0.25, 0.3) is 5.56 Å². The third-order valence-corrected chi connectivity index (χ3v) is 3.54. The summed E-state index contributed by atoms with van der Waals surface area (Å²) >= 11 is 1.44. The zero-order chi connectivity index (χ0) is 14.5. The van der Waals surface area contributed by atoms with Crippen molar-refractivity contribution in [1.29, 1.82) is 0 Å². The molecule has 0 aliphatic rings. The number of benzene rings is 1. The van der Waals surface area contributed by atoms with Gasteiger partial charge in [0, 0.05) is 17.5 Å². The van der Waals surface area contributed by atoms with Gasteiger partial charge in [-0.25, -0.2) is 9.78 Å². The zero-order valence-electron chi connectivity index (χ0n) is 11.2. The van der Waals surface area contributed by atoms with Crippen molar-refractivity contribution < 1.29 is 9.53 Å². The van der Waals surface area contributed by atoms with Crippen LogP contribution < -0.4 is 5.56 Å². The molecule has 2 aromatic rings. The summed E-state index contributed by atoms with van der Waals surface area (Å²) < 4.78 is 4.64. The highest BCUT2D eigenvalue weighted by Crippen LogP contribution is 2.18. The molecule has 0 saturated heterocycles. The summed E-state index contributed by atoms with van der Waals surface area (Å²) in [7, 11) is 1.35. The van der Waals surface area contributed by atoms with Crippen molar-refractivity contribution in [1.82, 2.24) is 9.97 Å². The Balaban J connectivity index is 2.03. The minimum absolute atomic E-state index is 0.152. The SMILES string of the molecule is COC(=O)c1ccc(CSc2nc(C)cc(=O)[nH]2)cc1. The minimum Gasteiger partial charge on any atom is -0.465 e. The van der Waals surface area contributed by atoms with E-state index in [-0.39, 0.29) is 11.5 Å². The van der Waals surface area contributed by atoms with Crippen LogP contribution >= 0.6 is 11.8 Å². The molecule has 0 aliphatic heterocycles. The van der Waals surface area contributed by atoms with Crippen LogP contribution in [0.3, 0.4) is 0 Å². The Morgan fingerprint density at radius 1 is 1.35 bits per heavy atom. The molecule has 5 nitrogen and oxygen atoms in total. The van der Waals surface area contributed by atoms with Crippen LogP contribution in [0.4, 0.5) is 0 Å². The minimum atomic E-state index is -0.353. The third-order valence-electron chi connectivity index (χ3n) is 2.60. The molecule has 2 rings (SSSR count). The average molecular weight is 290 g/mol. The Hall–Kier alpha value is -2.08. The number of aromatic amines is 1. The predicted octanol–water partition coefficient (Wildman–Crippen LogP) is 2.16. The van der Waals surface area contributed by atoms with E-state index in [2.05, 4.69) is 14.7 Å². The smallest absolute Gasteiger partial charge is 0.337 e. The second-order valence-electron chi connectivity index (χ2n) is 4.17. The lowest BCUT2D eigenvalue weighted by Gasteiger charge is -2.03. The van der Waals surface area contributed by atoms with Crippen molar-refractivity contribution in [3.05, 3.63) is 57.5 Å². The van der Waals surface area contributed by atoms with Gasteiger partial charge in [0.15, 0.2) is 5.16 Å². The summed E-state index contributed by atoms with van der Waals surface area (Å²) in [6, 6.07) is 8.60. The number of aryl methyl sites for hydroxylation is 1. The highest BCUT2D eigenvalue weighted by Gasteiger charge is 2.05. The maximum absolute atomic E-state index is 11.3. The molecule has 0 spiro atoms. The van der Waals surface area contributed by atoms with Crippen LogP contribution in [-0.4, -0.2) is 23.0 Å². The molecule has 1 heterocycles. The highest BCUT2D eigenvalue weighted by molar-refractivity contribution is 7.98. The maximum atomic E-state index is 11.3. The summed E-state index contributed by atoms with van der Waals surface area (Å²) in [4.78, 5) is 29.5. The number of aromatic nitrogens is 2. The fourth-order valence-electron chi connectivity index (χ4n) is 1.63. The van der Waals surface area contributed by atoms with Crippen LogP contribution in [-0.2, 0) is 10.5 Å². The number of H-pyrrole nitrogens is 1. The number of carbonyl (C=O) groups excluding carboxylic acids is 1. The molecule has 0 bridgehead atoms. The molecular weight excluding hydrogens is 276 g/mol. The normalized spacial score (nSPS) is 10.3. The predicted molar refractivity (Wildman–Crippen MR) is 76.9 cm³/mol. The molecule has 1 aromatic heterocycles. The standard InChI is InChI=1S/C14H14N2O3S/c1-9-7-12(17)16-14(15-9)20-8-10-3-5-11(6-4-10)13(18)19-2/h3-7H,8H2,1-2H3,(H,15,16,17). The lowest BCUT2D eigenvalue weighted by molar-refractivity contribution is 0.0600. The van der Waals surface area contributed by atoms with E-state index in [1.807, 2.05) is 12.1 Å². The highest BCUT2D eigenvalue weighted by atomic mass is 32.2. The van der Waals surface area contributed by atoms with Crippen LogP contribution in [0.25, 0.3) is 0 Å². The summed E-state index contributed by atoms with van der Waals surface area (Å²) in [5, 5.41) is 0.590. The molecule has 0 atom stereocenters. The van der Waals surface area contributed by atoms with Gasteiger partial charge in [0.2, 0.25) is 0 Å². The Kier molecular flexibility index (Phi) is 4.57. The van der Waals surface area contributed by atoms with Crippen LogP contribution in [0.15, 0.2) is 40.3 Å². The summed E-state index contributed by atoms with van der Waals surface area (Å²) in [5.74, 6) is 0.308. The molecule has 0 saturated carbocycles. The van der Waals surface area contributed by atoms with Crippen LogP contribution in [0, 0.1) is 6.92 Å². The molecule has 6 heteroatoms. The first-order valence-corrected chi connectivity index (χ1v) is 6.95. The van der Waals surface area contributed by atoms with Gasteiger partial charge >= 0.3 is 5.97 Å². The molecule has 20 heavy (non-hydrogen) atoms. The van der Waals surface area contributed by atoms with Crippen LogP contribution in [0.5, 0.6) is 0 Å². The van der Waals surface area contributed by atoms with Gasteiger partial charge in [-0.15, -0.1) is 0 Å². The summed E-state index contributed by atoms with van der Waals surface area (Å²) in [5.41, 5.74) is 2.09. The van der Waals surface area contributed by atoms with Crippen molar-refractivity contribution in [3.63, 3.8) is 0 Å². The van der Waals surface area contributed by atoms with Gasteiger partial charge in [-0.2, -0.15) is 0 Å². The fourth-order valence-corrected chi connectivity index (χ4v) is 2.50. The topological polar surface area (TPSA) is 72.0 Å². The van der Waals surface area contributed by atoms with Gasteiger partial charge in [-0.1, -0.05) is 23.9 Å². The Morgan fingerprint density at radius 2 is 2.05 bits per heavy atom. The zero-order valence-corrected chi connectivity index (χ0v) is 12.0. The Labute approximate surface area is 120 Å². The number of hydrogen-bond acceptors (Lipinski definition) is 5. The van der Waals surface area contributed by atoms with Gasteiger partial charge in [0.1, 0.15) is 0 Å². The number of rotatable bonds is 4. The van der Waals surface area contributed by atoms with Crippen molar-refractivity contribution in [3.8, 4) is 0 Å². The van der Waals surface area contributed by atoms with E-state index in [4.69, 9.17) is 0 Å². The first-order chi connectivity index (χ1) is 9.58.